The fourth-order valence-corrected chi connectivity index (χ4v) is 1.31. The molecule has 3 aromatic rings. The summed E-state index contributed by atoms with van der Waals surface area (Å²) in [4.78, 5) is 2.74. The van der Waals surface area contributed by atoms with Gasteiger partial charge in [-0.3, -0.25) is 0 Å². The molecule has 0 saturated heterocycles. The topological polar surface area (TPSA) is 15.8 Å². The van der Waals surface area contributed by atoms with Crippen LogP contribution in [-0.2, 0) is 24.2 Å². The summed E-state index contributed by atoms with van der Waals surface area (Å²) in [5.74, 6) is 0. The normalized spacial score (nSPS) is 7.67. The Morgan fingerprint density at radius 1 is 1.06 bits per heavy atom. The third-order valence-corrected chi connectivity index (χ3v) is 1.99. The largest absolute Gasteiger partial charge is 1.00 e. The van der Waals surface area contributed by atoms with Gasteiger partial charge in [0.25, 0.3) is 0 Å². The molecule has 0 bridgehead atoms. The van der Waals surface area contributed by atoms with Crippen molar-refractivity contribution in [3.05, 3.63) is 67.0 Å². The Morgan fingerprint density at radius 3 is 2.28 bits per heavy atom. The van der Waals surface area contributed by atoms with Gasteiger partial charge in [0, 0.05) is 0 Å². The molecular weight excluding hydrogens is 344 g/mol. The maximum Gasteiger partial charge on any atom is -0.0809 e. The summed E-state index contributed by atoms with van der Waals surface area (Å²) < 4.78 is 3.34. The quantitative estimate of drug-likeness (QED) is 0.423. The summed E-state index contributed by atoms with van der Waals surface area (Å²) in [6.45, 7) is 0. The van der Waals surface area contributed by atoms with Gasteiger partial charge in [0.1, 0.15) is 0 Å². The summed E-state index contributed by atoms with van der Waals surface area (Å²) in [6, 6.07) is 18.4. The fraction of sp³-hybridized carbons (Fsp3) is 0. The van der Waals surface area contributed by atoms with Crippen molar-refractivity contribution >= 4 is 15.0 Å². The molecule has 0 unspecified atom stereocenters. The van der Waals surface area contributed by atoms with Crippen LogP contribution in [0.4, 0.5) is 0 Å². The van der Waals surface area contributed by atoms with Crippen molar-refractivity contribution in [1.82, 2.24) is 4.98 Å². The van der Waals surface area contributed by atoms with Crippen LogP contribution in [0.5, 0.6) is 0 Å². The average molecular weight is 357 g/mol. The maximum absolute atomic E-state index is 3.34. The van der Waals surface area contributed by atoms with Crippen LogP contribution in [0.2, 0.25) is 0 Å². The van der Waals surface area contributed by atoms with Crippen molar-refractivity contribution in [3.8, 4) is 0 Å². The van der Waals surface area contributed by atoms with E-state index in [0.717, 1.165) is 0 Å². The minimum atomic E-state index is 0. The van der Waals surface area contributed by atoms with Gasteiger partial charge >= 0.3 is 28.4 Å². The van der Waals surface area contributed by atoms with Crippen molar-refractivity contribution in [2.75, 3.05) is 0 Å². The molecule has 0 aliphatic heterocycles. The number of aromatic amines is 1. The Labute approximate surface area is 135 Å². The first kappa shape index (κ1) is 19.8. The minimum Gasteiger partial charge on any atom is -1.00 e. The molecule has 18 heavy (non-hydrogen) atoms. The monoisotopic (exact) mass is 355 g/mol. The van der Waals surface area contributed by atoms with Gasteiger partial charge in [-0.2, -0.15) is 35.8 Å². The number of nitrogens with one attached hydrogen (secondary N) is 1. The Bertz CT molecular complexity index is 444. The van der Waals surface area contributed by atoms with E-state index in [0.29, 0.717) is 0 Å². The summed E-state index contributed by atoms with van der Waals surface area (Å²) in [6.07, 6.45) is 4.56. The maximum atomic E-state index is 3.34. The second-order valence-corrected chi connectivity index (χ2v) is 2.97. The van der Waals surface area contributed by atoms with Gasteiger partial charge in [-0.1, -0.05) is 6.07 Å². The Hall–Kier alpha value is -0.557. The van der Waals surface area contributed by atoms with Crippen LogP contribution in [0.25, 0.3) is 10.8 Å². The van der Waals surface area contributed by atoms with Crippen LogP contribution in [0.1, 0.15) is 0 Å². The van der Waals surface area contributed by atoms with Crippen LogP contribution in [0.3, 0.4) is 0 Å². The van der Waals surface area contributed by atoms with E-state index in [2.05, 4.69) is 57.9 Å². The molecule has 0 aliphatic carbocycles. The van der Waals surface area contributed by atoms with Gasteiger partial charge in [0.05, 0.1) is 0 Å². The first-order chi connectivity index (χ1) is 7.97. The number of benzene rings is 1. The summed E-state index contributed by atoms with van der Waals surface area (Å²) in [5, 5.41) is 2.66. The Morgan fingerprint density at radius 2 is 1.78 bits per heavy atom. The molecule has 0 saturated carbocycles. The van der Waals surface area contributed by atoms with Crippen LogP contribution in [0, 0.1) is 6.20 Å². The molecule has 2 aromatic carbocycles. The Kier molecular flexibility index (Phi) is 14.2. The van der Waals surface area contributed by atoms with E-state index >= 15 is 0 Å². The SMILES string of the molecule is [CH2]=[Zr+2].[Cl-].[Cl-].[c-]1ccc[nH]1.c1ccc2[cH-]ccc2c1. The van der Waals surface area contributed by atoms with Crippen molar-refractivity contribution in [3.63, 3.8) is 0 Å². The van der Waals surface area contributed by atoms with Crippen LogP contribution in [-0.4, -0.2) is 9.20 Å². The molecule has 0 spiro atoms. The van der Waals surface area contributed by atoms with E-state index in [1.165, 1.54) is 35.0 Å². The zero-order chi connectivity index (χ0) is 11.6. The van der Waals surface area contributed by atoms with Crippen LogP contribution < -0.4 is 24.8 Å². The third-order valence-electron chi connectivity index (χ3n) is 1.99. The van der Waals surface area contributed by atoms with Gasteiger partial charge in [0.2, 0.25) is 0 Å². The van der Waals surface area contributed by atoms with Crippen molar-refractivity contribution in [2.24, 2.45) is 0 Å². The zero-order valence-corrected chi connectivity index (χ0v) is 13.7. The summed E-state index contributed by atoms with van der Waals surface area (Å²) >= 11 is 1.30. The molecular formula is C14H13Cl2NZr-2. The number of fused-ring (bicyclic) bond motifs is 1. The molecule has 1 N–H and O–H groups in total. The summed E-state index contributed by atoms with van der Waals surface area (Å²) in [7, 11) is 0. The first-order valence-electron chi connectivity index (χ1n) is 4.92. The van der Waals surface area contributed by atoms with Gasteiger partial charge in [-0.05, 0) is 0 Å². The molecule has 1 aromatic heterocycles. The van der Waals surface area contributed by atoms with Crippen molar-refractivity contribution in [2.45, 2.75) is 0 Å². The third kappa shape index (κ3) is 7.01. The van der Waals surface area contributed by atoms with E-state index in [-0.39, 0.29) is 24.8 Å². The number of rotatable bonds is 0. The minimum absolute atomic E-state index is 0. The molecule has 0 amide bonds. The standard InChI is InChI=1S/C9H7.C4H4N.CH2.2ClH.Zr/c1-2-5-9-7-3-6-8(9)4-1;1-2-4-5-3-1;;;;/h1-7H;1-3,5H;1H2;2*1H;/q2*-1;;;;+2/p-2. The van der Waals surface area contributed by atoms with E-state index in [1.54, 1.807) is 0 Å². The van der Waals surface area contributed by atoms with Gasteiger partial charge in [-0.25, -0.2) is 0 Å². The zero-order valence-electron chi connectivity index (χ0n) is 9.74. The molecule has 1 heterocycles. The molecule has 0 fully saturated rings. The second kappa shape index (κ2) is 12.9. The molecule has 4 heteroatoms. The number of aromatic nitrogens is 1. The van der Waals surface area contributed by atoms with E-state index in [4.69, 9.17) is 0 Å². The second-order valence-electron chi connectivity index (χ2n) is 2.97. The number of H-pyrrole nitrogens is 1. The summed E-state index contributed by atoms with van der Waals surface area (Å²) in [5.41, 5.74) is 0. The smallest absolute Gasteiger partial charge is 0.0809 e. The predicted molar refractivity (Wildman–Crippen MR) is 66.3 cm³/mol. The molecule has 94 valence electrons. The van der Waals surface area contributed by atoms with Crippen LogP contribution >= 0.6 is 0 Å². The van der Waals surface area contributed by atoms with Crippen molar-refractivity contribution < 1.29 is 49.0 Å². The van der Waals surface area contributed by atoms with E-state index < -0.39 is 0 Å². The number of halogens is 2. The predicted octanol–water partition coefficient (Wildman–Crippen LogP) is -2.65. The first-order valence-corrected chi connectivity index (χ1v) is 6.66. The van der Waals surface area contributed by atoms with Gasteiger partial charge in [0.15, 0.2) is 0 Å². The van der Waals surface area contributed by atoms with Crippen LogP contribution in [0.15, 0.2) is 60.8 Å². The average Bonchev–Trinajstić information content (AvgIpc) is 3.06. The van der Waals surface area contributed by atoms with E-state index in [1.807, 2.05) is 18.3 Å². The fourth-order valence-electron chi connectivity index (χ4n) is 1.31. The molecule has 0 aliphatic rings. The van der Waals surface area contributed by atoms with Crippen molar-refractivity contribution in [1.29, 1.82) is 0 Å². The Balaban J connectivity index is 0. The number of hydrogen-bond acceptors (Lipinski definition) is 0. The number of hydrogen-bond donors (Lipinski definition) is 1. The molecule has 3 rings (SSSR count). The molecule has 0 radical (unpaired) electrons. The van der Waals surface area contributed by atoms with Gasteiger partial charge in [-0.15, -0.1) is 35.8 Å². The molecule has 0 atom stereocenters. The van der Waals surface area contributed by atoms with E-state index in [9.17, 15) is 0 Å². The molecule has 1 nitrogen and oxygen atoms in total. The van der Waals surface area contributed by atoms with Gasteiger partial charge < -0.3 is 29.8 Å².